The van der Waals surface area contributed by atoms with Crippen LogP contribution >= 0.6 is 11.6 Å². The summed E-state index contributed by atoms with van der Waals surface area (Å²) in [5.41, 5.74) is -9.91. The number of nitriles is 2. The van der Waals surface area contributed by atoms with Crippen LogP contribution in [0.2, 0.25) is 5.02 Å². The number of rotatable bonds is 8. The molecule has 0 spiro atoms. The molecule has 4 rings (SSSR count). The van der Waals surface area contributed by atoms with Gasteiger partial charge in [0.15, 0.2) is 17.3 Å². The molecule has 1 fully saturated rings. The van der Waals surface area contributed by atoms with E-state index in [1.165, 1.54) is 18.2 Å². The number of aromatic nitrogens is 4. The average molecular weight is 640 g/mol. The Kier molecular flexibility index (Phi) is 7.82. The maximum Gasteiger partial charge on any atom is 0.437 e. The minimum atomic E-state index is -6.68. The van der Waals surface area contributed by atoms with Gasteiger partial charge in [0.05, 0.1) is 28.9 Å². The molecule has 3 aromatic rings. The summed E-state index contributed by atoms with van der Waals surface area (Å²) in [6, 6.07) is 7.61. The lowest BCUT2D eigenvalue weighted by atomic mass is 9.99. The van der Waals surface area contributed by atoms with Crippen molar-refractivity contribution < 1.29 is 49.0 Å². The summed E-state index contributed by atoms with van der Waals surface area (Å²) in [6.45, 7) is -4.43. The highest BCUT2D eigenvalue weighted by molar-refractivity contribution is 6.34. The molecule has 0 unspecified atom stereocenters. The summed E-state index contributed by atoms with van der Waals surface area (Å²) < 4.78 is 126. The normalized spacial score (nSPS) is 14.7. The fourth-order valence-corrected chi connectivity index (χ4v) is 4.45. The average Bonchev–Trinajstić information content (AvgIpc) is 3.44. The third-order valence-corrected chi connectivity index (χ3v) is 6.87. The zero-order chi connectivity index (χ0) is 32.1. The second kappa shape index (κ2) is 10.7. The summed E-state index contributed by atoms with van der Waals surface area (Å²) in [7, 11) is 0.747. The summed E-state index contributed by atoms with van der Waals surface area (Å²) in [5.74, 6) is -3.68. The second-order valence-corrected chi connectivity index (χ2v) is 9.63. The molecule has 2 aromatic heterocycles. The zero-order valence-corrected chi connectivity index (χ0v) is 22.1. The Hall–Kier alpha value is -4.45. The van der Waals surface area contributed by atoms with Crippen molar-refractivity contribution in [1.29, 1.82) is 10.5 Å². The quantitative estimate of drug-likeness (QED) is 0.226. The minimum Gasteiger partial charge on any atom is -0.429 e. The molecular formula is C24H15ClF9N7O2. The van der Waals surface area contributed by atoms with Gasteiger partial charge in [-0.1, -0.05) is 17.7 Å². The molecule has 1 aliphatic carbocycles. The van der Waals surface area contributed by atoms with Gasteiger partial charge in [0.25, 0.3) is 5.91 Å². The Balaban J connectivity index is 1.81. The Morgan fingerprint density at radius 1 is 1.14 bits per heavy atom. The highest BCUT2D eigenvalue weighted by Crippen LogP contribution is 2.56. The lowest BCUT2D eigenvalue weighted by Crippen LogP contribution is -2.51. The molecule has 0 saturated heterocycles. The van der Waals surface area contributed by atoms with E-state index < -0.39 is 59.9 Å². The third-order valence-electron chi connectivity index (χ3n) is 6.54. The van der Waals surface area contributed by atoms with E-state index in [-0.39, 0.29) is 26.4 Å². The van der Waals surface area contributed by atoms with E-state index in [0.29, 0.717) is 17.5 Å². The number of hydrogen-bond acceptors (Lipinski definition) is 6. The van der Waals surface area contributed by atoms with Crippen LogP contribution in [0.1, 0.15) is 28.9 Å². The Bertz CT molecular complexity index is 1630. The van der Waals surface area contributed by atoms with Crippen molar-refractivity contribution in [3.05, 3.63) is 46.9 Å². The summed E-state index contributed by atoms with van der Waals surface area (Å²) >= 11 is 6.19. The molecule has 0 atom stereocenters. The highest BCUT2D eigenvalue weighted by Gasteiger charge is 2.76. The molecule has 2 heterocycles. The Morgan fingerprint density at radius 3 is 2.28 bits per heavy atom. The fraction of sp³-hybridized carbons (Fsp3) is 0.375. The summed E-state index contributed by atoms with van der Waals surface area (Å²) in [4.78, 5) is 14.3. The number of nitrogens with zero attached hydrogens (tertiary/aromatic N) is 7. The Morgan fingerprint density at radius 2 is 1.77 bits per heavy atom. The van der Waals surface area contributed by atoms with Gasteiger partial charge in [0.2, 0.25) is 0 Å². The molecule has 1 amide bonds. The van der Waals surface area contributed by atoms with E-state index in [1.807, 2.05) is 6.07 Å². The van der Waals surface area contributed by atoms with Gasteiger partial charge in [-0.25, -0.2) is 13.8 Å². The first kappa shape index (κ1) is 31.5. The molecular weight excluding hydrogens is 625 g/mol. The molecule has 1 aromatic carbocycles. The number of aryl methyl sites for hydroxylation is 1. The summed E-state index contributed by atoms with van der Waals surface area (Å²) in [5, 5.41) is 25.3. The molecule has 0 radical (unpaired) electrons. The number of benzene rings is 1. The first-order valence-electron chi connectivity index (χ1n) is 11.7. The third kappa shape index (κ3) is 5.31. The number of carbonyl (C=O) groups is 1. The molecule has 9 nitrogen and oxygen atoms in total. The lowest BCUT2D eigenvalue weighted by molar-refractivity contribution is -0.350. The van der Waals surface area contributed by atoms with E-state index in [1.54, 1.807) is 6.07 Å². The van der Waals surface area contributed by atoms with Gasteiger partial charge in [0, 0.05) is 18.8 Å². The van der Waals surface area contributed by atoms with Crippen molar-refractivity contribution >= 4 is 17.5 Å². The lowest BCUT2D eigenvalue weighted by Gasteiger charge is -2.28. The van der Waals surface area contributed by atoms with Crippen molar-refractivity contribution in [3.8, 4) is 34.8 Å². The van der Waals surface area contributed by atoms with Gasteiger partial charge >= 0.3 is 24.6 Å². The monoisotopic (exact) mass is 639 g/mol. The van der Waals surface area contributed by atoms with E-state index in [2.05, 4.69) is 14.9 Å². The predicted octanol–water partition coefficient (Wildman–Crippen LogP) is 5.84. The number of halogens is 10. The van der Waals surface area contributed by atoms with Crippen LogP contribution in [0.5, 0.6) is 5.75 Å². The van der Waals surface area contributed by atoms with Crippen molar-refractivity contribution in [1.82, 2.24) is 24.5 Å². The van der Waals surface area contributed by atoms with Crippen LogP contribution in [0.3, 0.4) is 0 Å². The first-order valence-corrected chi connectivity index (χ1v) is 12.1. The second-order valence-electron chi connectivity index (χ2n) is 9.22. The topological polar surface area (TPSA) is 113 Å². The van der Waals surface area contributed by atoms with E-state index in [0.717, 1.165) is 24.3 Å². The number of carbonyl (C=O) groups excluding carboxylic acids is 1. The number of ether oxygens (including phenoxy) is 1. The first-order chi connectivity index (χ1) is 19.9. The van der Waals surface area contributed by atoms with Crippen molar-refractivity contribution in [2.24, 2.45) is 7.05 Å². The maximum atomic E-state index is 14.9. The number of alkyl halides is 9. The maximum absolute atomic E-state index is 14.9. The van der Waals surface area contributed by atoms with E-state index >= 15 is 0 Å². The van der Waals surface area contributed by atoms with Gasteiger partial charge < -0.3 is 9.64 Å². The molecule has 0 N–H and O–H groups in total. The van der Waals surface area contributed by atoms with Crippen LogP contribution in [-0.4, -0.2) is 61.4 Å². The molecule has 1 aliphatic rings. The van der Waals surface area contributed by atoms with Crippen LogP contribution < -0.4 is 4.74 Å². The number of amides is 1. The van der Waals surface area contributed by atoms with Gasteiger partial charge in [-0.15, -0.1) is 0 Å². The minimum absolute atomic E-state index is 0.0304. The largest absolute Gasteiger partial charge is 0.437 e. The SMILES string of the molecule is Cn1nc(C(F)(C(F)(F)F)C(F)(F)F)c(OC(F)F)c1-n1cc(-c2ccc(Cl)c(C(=O)N(CC#N)C3(C#N)CC3)c2)cn1. The van der Waals surface area contributed by atoms with Gasteiger partial charge in [-0.2, -0.15) is 55.8 Å². The molecule has 43 heavy (non-hydrogen) atoms. The molecule has 0 bridgehead atoms. The van der Waals surface area contributed by atoms with Gasteiger partial charge in [-0.05, 0) is 30.5 Å². The van der Waals surface area contributed by atoms with Crippen LogP contribution in [0.15, 0.2) is 30.6 Å². The van der Waals surface area contributed by atoms with Crippen LogP contribution in [-0.2, 0) is 12.7 Å². The smallest absolute Gasteiger partial charge is 0.429 e. The molecule has 1 saturated carbocycles. The van der Waals surface area contributed by atoms with Crippen molar-refractivity contribution in [2.45, 2.75) is 43.0 Å². The molecule has 228 valence electrons. The van der Waals surface area contributed by atoms with Crippen LogP contribution in [0, 0.1) is 22.7 Å². The standard InChI is InChI=1S/C24H15ClF9N7O2/c1-39-18(16(43-20(26)27)17(38-39)22(28,23(29,30)31)24(32,33)34)41-10-13(9-37-41)12-2-3-15(25)14(8-12)19(42)40(7-6-35)21(11-36)4-5-21/h2-3,8-10,20H,4-5,7H2,1H3. The number of hydrogen-bond donors (Lipinski definition) is 0. The van der Waals surface area contributed by atoms with Crippen molar-refractivity contribution in [2.75, 3.05) is 6.54 Å². The van der Waals surface area contributed by atoms with Crippen LogP contribution in [0.25, 0.3) is 16.9 Å². The highest BCUT2D eigenvalue weighted by atomic mass is 35.5. The predicted molar refractivity (Wildman–Crippen MR) is 127 cm³/mol. The van der Waals surface area contributed by atoms with E-state index in [4.69, 9.17) is 16.9 Å². The van der Waals surface area contributed by atoms with Gasteiger partial charge in [-0.3, -0.25) is 4.79 Å². The van der Waals surface area contributed by atoms with Gasteiger partial charge in [0.1, 0.15) is 12.1 Å². The Labute approximate surface area is 240 Å². The molecule has 0 aliphatic heterocycles. The van der Waals surface area contributed by atoms with Crippen molar-refractivity contribution in [3.63, 3.8) is 0 Å². The van der Waals surface area contributed by atoms with Crippen LogP contribution in [0.4, 0.5) is 39.5 Å². The fourth-order valence-electron chi connectivity index (χ4n) is 4.25. The molecule has 19 heteroatoms. The summed E-state index contributed by atoms with van der Waals surface area (Å²) in [6.07, 6.45) is -10.8. The zero-order valence-electron chi connectivity index (χ0n) is 21.3. The van der Waals surface area contributed by atoms with E-state index in [9.17, 15) is 49.6 Å².